The molecular weight excluding hydrogens is 406 g/mol. The van der Waals surface area contributed by atoms with Gasteiger partial charge >= 0.3 is 0 Å². The molecule has 2 aliphatic heterocycles. The number of halogens is 1. The van der Waals surface area contributed by atoms with Gasteiger partial charge in [0.1, 0.15) is 0 Å². The highest BCUT2D eigenvalue weighted by Crippen LogP contribution is 2.16. The summed E-state index contributed by atoms with van der Waals surface area (Å²) in [6.45, 7) is 7.10. The van der Waals surface area contributed by atoms with Crippen LogP contribution in [-0.2, 0) is 24.2 Å². The van der Waals surface area contributed by atoms with E-state index in [0.717, 1.165) is 29.8 Å². The topological polar surface area (TPSA) is 99.4 Å². The summed E-state index contributed by atoms with van der Waals surface area (Å²) in [6.07, 6.45) is 0.937. The van der Waals surface area contributed by atoms with Crippen molar-refractivity contribution in [2.45, 2.75) is 45.6 Å². The van der Waals surface area contributed by atoms with Gasteiger partial charge in [0.2, 0.25) is 0 Å². The Morgan fingerprint density at radius 1 is 1.20 bits per heavy atom. The lowest BCUT2D eigenvalue weighted by molar-refractivity contribution is -0.0586. The molecule has 1 fully saturated rings. The number of aromatic amines is 1. The van der Waals surface area contributed by atoms with Gasteiger partial charge < -0.3 is 20.3 Å². The quantitative estimate of drug-likeness (QED) is 0.681. The van der Waals surface area contributed by atoms with E-state index in [1.165, 1.54) is 0 Å². The zero-order chi connectivity index (χ0) is 20.4. The van der Waals surface area contributed by atoms with Crippen molar-refractivity contribution in [2.75, 3.05) is 19.6 Å². The molecule has 0 radical (unpaired) electrons. The van der Waals surface area contributed by atoms with Gasteiger partial charge in [0, 0.05) is 56.0 Å². The molecule has 4 rings (SSSR count). The Morgan fingerprint density at radius 2 is 1.90 bits per heavy atom. The highest BCUT2D eigenvalue weighted by molar-refractivity contribution is 5.95. The number of carbonyl (C=O) groups excluding carboxylic acids is 2. The Bertz CT molecular complexity index is 889. The van der Waals surface area contributed by atoms with Crippen molar-refractivity contribution in [1.82, 2.24) is 25.7 Å². The second kappa shape index (κ2) is 9.59. The molecule has 3 N–H and O–H groups in total. The number of nitrogens with one attached hydrogen (secondary N) is 3. The molecule has 2 aromatic rings. The average molecular weight is 434 g/mol. The molecule has 1 saturated heterocycles. The lowest BCUT2D eigenvalue weighted by Crippen LogP contribution is -2.48. The summed E-state index contributed by atoms with van der Waals surface area (Å²) in [5.41, 5.74) is 4.01. The molecule has 2 atom stereocenters. The minimum absolute atomic E-state index is 0. The van der Waals surface area contributed by atoms with Crippen molar-refractivity contribution in [1.29, 1.82) is 0 Å². The van der Waals surface area contributed by atoms with Gasteiger partial charge in [0.15, 0.2) is 5.69 Å². The molecule has 2 unspecified atom stereocenters. The SMILES string of the molecule is CC1CN(C(=O)c2ccc(CNC(=O)c3n[nH]c4c3CNCC4)cc2)CC(C)O1.Cl. The van der Waals surface area contributed by atoms with E-state index >= 15 is 0 Å². The summed E-state index contributed by atoms with van der Waals surface area (Å²) in [4.78, 5) is 27.1. The molecular formula is C21H28ClN5O3. The minimum atomic E-state index is -0.192. The zero-order valence-electron chi connectivity index (χ0n) is 17.2. The van der Waals surface area contributed by atoms with Crippen LogP contribution < -0.4 is 10.6 Å². The Labute approximate surface area is 182 Å². The zero-order valence-corrected chi connectivity index (χ0v) is 18.1. The van der Waals surface area contributed by atoms with E-state index in [9.17, 15) is 9.59 Å². The third-order valence-electron chi connectivity index (χ3n) is 5.38. The molecule has 162 valence electrons. The van der Waals surface area contributed by atoms with Gasteiger partial charge in [-0.25, -0.2) is 0 Å². The van der Waals surface area contributed by atoms with E-state index in [0.29, 0.717) is 37.4 Å². The largest absolute Gasteiger partial charge is 0.372 e. The van der Waals surface area contributed by atoms with Crippen LogP contribution in [-0.4, -0.2) is 58.8 Å². The smallest absolute Gasteiger partial charge is 0.272 e. The van der Waals surface area contributed by atoms with Crippen LogP contribution in [0.2, 0.25) is 0 Å². The normalized spacial score (nSPS) is 20.8. The minimum Gasteiger partial charge on any atom is -0.372 e. The fraction of sp³-hybridized carbons (Fsp3) is 0.476. The van der Waals surface area contributed by atoms with Crippen LogP contribution in [0.5, 0.6) is 0 Å². The number of hydrogen-bond acceptors (Lipinski definition) is 5. The van der Waals surface area contributed by atoms with Crippen molar-refractivity contribution in [3.63, 3.8) is 0 Å². The molecule has 9 heteroatoms. The molecule has 1 aromatic carbocycles. The molecule has 3 heterocycles. The maximum absolute atomic E-state index is 12.7. The van der Waals surface area contributed by atoms with Gasteiger partial charge in [-0.05, 0) is 31.5 Å². The first-order valence-electron chi connectivity index (χ1n) is 10.1. The van der Waals surface area contributed by atoms with E-state index in [2.05, 4.69) is 20.8 Å². The number of amides is 2. The number of morpholine rings is 1. The number of benzene rings is 1. The number of fused-ring (bicyclic) bond motifs is 1. The predicted octanol–water partition coefficient (Wildman–Crippen LogP) is 1.66. The molecule has 2 amide bonds. The van der Waals surface area contributed by atoms with Crippen LogP contribution in [0.15, 0.2) is 24.3 Å². The lowest BCUT2D eigenvalue weighted by Gasteiger charge is -2.35. The molecule has 30 heavy (non-hydrogen) atoms. The molecule has 2 aliphatic rings. The van der Waals surface area contributed by atoms with Crippen LogP contribution >= 0.6 is 12.4 Å². The number of nitrogens with zero attached hydrogens (tertiary/aromatic N) is 2. The number of H-pyrrole nitrogens is 1. The molecule has 1 aromatic heterocycles. The lowest BCUT2D eigenvalue weighted by atomic mass is 10.1. The second-order valence-electron chi connectivity index (χ2n) is 7.80. The summed E-state index contributed by atoms with van der Waals surface area (Å²) < 4.78 is 5.70. The number of aromatic nitrogens is 2. The van der Waals surface area contributed by atoms with Gasteiger partial charge in [0.25, 0.3) is 11.8 Å². The first-order valence-corrected chi connectivity index (χ1v) is 10.1. The van der Waals surface area contributed by atoms with Crippen LogP contribution in [0.25, 0.3) is 0 Å². The van der Waals surface area contributed by atoms with Crippen molar-refractivity contribution in [3.8, 4) is 0 Å². The first-order chi connectivity index (χ1) is 14.0. The predicted molar refractivity (Wildman–Crippen MR) is 115 cm³/mol. The van der Waals surface area contributed by atoms with E-state index in [1.807, 2.05) is 43.0 Å². The van der Waals surface area contributed by atoms with Crippen LogP contribution in [0, 0.1) is 0 Å². The maximum atomic E-state index is 12.7. The van der Waals surface area contributed by atoms with Crippen LogP contribution in [0.1, 0.15) is 51.5 Å². The highest BCUT2D eigenvalue weighted by atomic mass is 35.5. The molecule has 0 spiro atoms. The van der Waals surface area contributed by atoms with Crippen LogP contribution in [0.3, 0.4) is 0 Å². The summed E-state index contributed by atoms with van der Waals surface area (Å²) >= 11 is 0. The first kappa shape index (κ1) is 22.3. The molecule has 0 saturated carbocycles. The standard InChI is InChI=1S/C21H27N5O3.ClH/c1-13-11-26(12-14(2)29-13)21(28)16-5-3-15(4-6-16)9-23-20(27)19-17-10-22-8-7-18(17)24-25-19;/h3-6,13-14,22H,7-12H2,1-2H3,(H,23,27)(H,24,25);1H. The van der Waals surface area contributed by atoms with Crippen molar-refractivity contribution in [2.24, 2.45) is 0 Å². The van der Waals surface area contributed by atoms with E-state index in [-0.39, 0.29) is 36.4 Å². The van der Waals surface area contributed by atoms with Crippen molar-refractivity contribution < 1.29 is 14.3 Å². The van der Waals surface area contributed by atoms with Gasteiger partial charge in [0.05, 0.1) is 12.2 Å². The third kappa shape index (κ3) is 4.83. The van der Waals surface area contributed by atoms with Crippen molar-refractivity contribution in [3.05, 3.63) is 52.3 Å². The summed E-state index contributed by atoms with van der Waals surface area (Å²) in [7, 11) is 0. The van der Waals surface area contributed by atoms with Gasteiger partial charge in [-0.3, -0.25) is 14.7 Å². The Kier molecular flexibility index (Phi) is 7.12. The molecule has 0 bridgehead atoms. The van der Waals surface area contributed by atoms with E-state index in [4.69, 9.17) is 4.74 Å². The highest BCUT2D eigenvalue weighted by Gasteiger charge is 2.26. The van der Waals surface area contributed by atoms with E-state index in [1.54, 1.807) is 0 Å². The maximum Gasteiger partial charge on any atom is 0.272 e. The number of rotatable bonds is 4. The molecule has 0 aliphatic carbocycles. The Balaban J connectivity index is 0.00000256. The van der Waals surface area contributed by atoms with Gasteiger partial charge in [-0.1, -0.05) is 12.1 Å². The number of hydrogen-bond donors (Lipinski definition) is 3. The van der Waals surface area contributed by atoms with Crippen molar-refractivity contribution >= 4 is 24.2 Å². The van der Waals surface area contributed by atoms with Gasteiger partial charge in [-0.2, -0.15) is 5.10 Å². The third-order valence-corrected chi connectivity index (χ3v) is 5.38. The average Bonchev–Trinajstić information content (AvgIpc) is 3.15. The number of carbonyl (C=O) groups is 2. The molecule has 8 nitrogen and oxygen atoms in total. The Morgan fingerprint density at radius 3 is 2.60 bits per heavy atom. The summed E-state index contributed by atoms with van der Waals surface area (Å²) in [5, 5.41) is 13.3. The number of ether oxygens (including phenoxy) is 1. The Hall–Kier alpha value is -2.42. The second-order valence-corrected chi connectivity index (χ2v) is 7.80. The fourth-order valence-electron chi connectivity index (χ4n) is 3.97. The van der Waals surface area contributed by atoms with Gasteiger partial charge in [-0.15, -0.1) is 12.4 Å². The van der Waals surface area contributed by atoms with E-state index < -0.39 is 0 Å². The summed E-state index contributed by atoms with van der Waals surface area (Å²) in [5.74, 6) is -0.180. The van der Waals surface area contributed by atoms with Crippen LogP contribution in [0.4, 0.5) is 0 Å². The fourth-order valence-corrected chi connectivity index (χ4v) is 3.97. The summed E-state index contributed by atoms with van der Waals surface area (Å²) in [6, 6.07) is 7.38. The monoisotopic (exact) mass is 433 g/mol.